The fourth-order valence-electron chi connectivity index (χ4n) is 4.17. The van der Waals surface area contributed by atoms with Crippen molar-refractivity contribution in [2.45, 2.75) is 37.7 Å². The van der Waals surface area contributed by atoms with E-state index in [-0.39, 0.29) is 11.8 Å². The standard InChI is InChI=1S/C18H22BrNO4/c19-14-9-12(10-15-16(14)24-8-7-23-15)17(21)20-6-5-18(22)4-2-1-3-13(18)11-20/h9-10,13,22H,1-8,11H2. The first-order valence-electron chi connectivity index (χ1n) is 8.68. The third-order valence-corrected chi connectivity index (χ3v) is 6.15. The Kier molecular flexibility index (Phi) is 4.21. The van der Waals surface area contributed by atoms with Crippen LogP contribution in [0.5, 0.6) is 11.5 Å². The van der Waals surface area contributed by atoms with Crippen molar-refractivity contribution in [3.63, 3.8) is 0 Å². The average Bonchev–Trinajstić information content (AvgIpc) is 2.60. The Balaban J connectivity index is 1.55. The van der Waals surface area contributed by atoms with Gasteiger partial charge in [-0.2, -0.15) is 0 Å². The highest BCUT2D eigenvalue weighted by Crippen LogP contribution is 2.41. The number of halogens is 1. The van der Waals surface area contributed by atoms with E-state index in [2.05, 4.69) is 15.9 Å². The molecule has 130 valence electrons. The fourth-order valence-corrected chi connectivity index (χ4v) is 4.73. The number of amides is 1. The molecular weight excluding hydrogens is 374 g/mol. The summed E-state index contributed by atoms with van der Waals surface area (Å²) in [5, 5.41) is 10.8. The molecule has 5 nitrogen and oxygen atoms in total. The molecule has 0 spiro atoms. The Bertz CT molecular complexity index is 665. The van der Waals surface area contributed by atoms with Gasteiger partial charge < -0.3 is 19.5 Å². The molecule has 4 rings (SSSR count). The normalized spacial score (nSPS) is 29.1. The van der Waals surface area contributed by atoms with Gasteiger partial charge in [0.15, 0.2) is 11.5 Å². The summed E-state index contributed by atoms with van der Waals surface area (Å²) in [5.41, 5.74) is 0.0370. The molecule has 2 heterocycles. The van der Waals surface area contributed by atoms with Gasteiger partial charge in [-0.3, -0.25) is 4.79 Å². The van der Waals surface area contributed by atoms with Crippen LogP contribution in [0.15, 0.2) is 16.6 Å². The van der Waals surface area contributed by atoms with Gasteiger partial charge in [0.05, 0.1) is 10.1 Å². The fraction of sp³-hybridized carbons (Fsp3) is 0.611. The lowest BCUT2D eigenvalue weighted by atomic mass is 9.71. The monoisotopic (exact) mass is 395 g/mol. The number of carbonyl (C=O) groups is 1. The molecule has 2 atom stereocenters. The molecule has 2 aliphatic heterocycles. The van der Waals surface area contributed by atoms with E-state index in [4.69, 9.17) is 9.47 Å². The van der Waals surface area contributed by atoms with Crippen molar-refractivity contribution in [2.75, 3.05) is 26.3 Å². The lowest BCUT2D eigenvalue weighted by Crippen LogP contribution is -2.54. The molecule has 24 heavy (non-hydrogen) atoms. The summed E-state index contributed by atoms with van der Waals surface area (Å²) in [6.45, 7) is 2.26. The predicted molar refractivity (Wildman–Crippen MR) is 92.6 cm³/mol. The molecule has 1 aliphatic carbocycles. The van der Waals surface area contributed by atoms with E-state index in [0.717, 1.165) is 30.2 Å². The number of hydrogen-bond donors (Lipinski definition) is 1. The second kappa shape index (κ2) is 6.23. The zero-order valence-electron chi connectivity index (χ0n) is 13.6. The maximum atomic E-state index is 12.9. The van der Waals surface area contributed by atoms with Gasteiger partial charge in [0.1, 0.15) is 13.2 Å². The second-order valence-corrected chi connectivity index (χ2v) is 7.88. The van der Waals surface area contributed by atoms with Gasteiger partial charge in [-0.15, -0.1) is 0 Å². The molecule has 0 aromatic heterocycles. The van der Waals surface area contributed by atoms with E-state index in [9.17, 15) is 9.90 Å². The average molecular weight is 396 g/mol. The van der Waals surface area contributed by atoms with E-state index >= 15 is 0 Å². The maximum absolute atomic E-state index is 12.9. The Morgan fingerprint density at radius 1 is 1.25 bits per heavy atom. The molecule has 1 saturated heterocycles. The summed E-state index contributed by atoms with van der Waals surface area (Å²) in [4.78, 5) is 14.8. The van der Waals surface area contributed by atoms with Gasteiger partial charge in [-0.05, 0) is 47.3 Å². The minimum atomic E-state index is -0.567. The lowest BCUT2D eigenvalue weighted by molar-refractivity contribution is -0.0886. The smallest absolute Gasteiger partial charge is 0.254 e. The van der Waals surface area contributed by atoms with Crippen LogP contribution in [0.3, 0.4) is 0 Å². The molecule has 3 aliphatic rings. The van der Waals surface area contributed by atoms with Gasteiger partial charge in [0.2, 0.25) is 0 Å². The van der Waals surface area contributed by atoms with Crippen molar-refractivity contribution in [1.29, 1.82) is 0 Å². The van der Waals surface area contributed by atoms with Crippen LogP contribution in [0.4, 0.5) is 0 Å². The van der Waals surface area contributed by atoms with E-state index < -0.39 is 5.60 Å². The molecule has 1 saturated carbocycles. The highest BCUT2D eigenvalue weighted by Gasteiger charge is 2.43. The Morgan fingerprint density at radius 2 is 2.08 bits per heavy atom. The molecule has 1 N–H and O–H groups in total. The second-order valence-electron chi connectivity index (χ2n) is 7.03. The van der Waals surface area contributed by atoms with Gasteiger partial charge in [0, 0.05) is 24.6 Å². The largest absolute Gasteiger partial charge is 0.486 e. The summed E-state index contributed by atoms with van der Waals surface area (Å²) in [6, 6.07) is 3.57. The highest BCUT2D eigenvalue weighted by molar-refractivity contribution is 9.10. The SMILES string of the molecule is O=C(c1cc(Br)c2c(c1)OCCO2)N1CCC2(O)CCCCC2C1. The first-order chi connectivity index (χ1) is 11.6. The van der Waals surface area contributed by atoms with E-state index in [1.807, 2.05) is 4.90 Å². The Labute approximate surface area is 150 Å². The van der Waals surface area contributed by atoms with Gasteiger partial charge >= 0.3 is 0 Å². The Hall–Kier alpha value is -1.27. The summed E-state index contributed by atoms with van der Waals surface area (Å²) in [6.07, 6.45) is 4.79. The number of likely N-dealkylation sites (tertiary alicyclic amines) is 1. The van der Waals surface area contributed by atoms with Crippen molar-refractivity contribution in [3.05, 3.63) is 22.2 Å². The van der Waals surface area contributed by atoms with Crippen molar-refractivity contribution in [1.82, 2.24) is 4.90 Å². The number of ether oxygens (including phenoxy) is 2. The highest BCUT2D eigenvalue weighted by atomic mass is 79.9. The number of fused-ring (bicyclic) bond motifs is 2. The molecule has 6 heteroatoms. The zero-order valence-corrected chi connectivity index (χ0v) is 15.2. The van der Waals surface area contributed by atoms with E-state index in [1.54, 1.807) is 12.1 Å². The van der Waals surface area contributed by atoms with Gasteiger partial charge in [0.25, 0.3) is 5.91 Å². The minimum Gasteiger partial charge on any atom is -0.486 e. The number of nitrogens with zero attached hydrogens (tertiary/aromatic N) is 1. The topological polar surface area (TPSA) is 59.0 Å². The minimum absolute atomic E-state index is 0.000275. The first kappa shape index (κ1) is 16.2. The van der Waals surface area contributed by atoms with Crippen molar-refractivity contribution in [2.24, 2.45) is 5.92 Å². The van der Waals surface area contributed by atoms with Crippen LogP contribution in [0.2, 0.25) is 0 Å². The Morgan fingerprint density at radius 3 is 2.96 bits per heavy atom. The lowest BCUT2D eigenvalue weighted by Gasteiger charge is -2.47. The van der Waals surface area contributed by atoms with Gasteiger partial charge in [-0.25, -0.2) is 0 Å². The van der Waals surface area contributed by atoms with Crippen LogP contribution in [-0.2, 0) is 0 Å². The van der Waals surface area contributed by atoms with Crippen molar-refractivity contribution in [3.8, 4) is 11.5 Å². The van der Waals surface area contributed by atoms with E-state index in [0.29, 0.717) is 49.8 Å². The molecular formula is C18H22BrNO4. The third kappa shape index (κ3) is 2.80. The predicted octanol–water partition coefficient (Wildman–Crippen LogP) is 2.99. The third-order valence-electron chi connectivity index (χ3n) is 5.56. The maximum Gasteiger partial charge on any atom is 0.254 e. The van der Waals surface area contributed by atoms with Crippen LogP contribution in [0, 0.1) is 5.92 Å². The molecule has 1 aromatic rings. The molecule has 2 unspecified atom stereocenters. The molecule has 1 amide bonds. The van der Waals surface area contributed by atoms with Crippen LogP contribution in [0.25, 0.3) is 0 Å². The molecule has 0 bridgehead atoms. The first-order valence-corrected chi connectivity index (χ1v) is 9.47. The van der Waals surface area contributed by atoms with Crippen LogP contribution in [-0.4, -0.2) is 47.8 Å². The number of aliphatic hydroxyl groups is 1. The van der Waals surface area contributed by atoms with E-state index in [1.165, 1.54) is 0 Å². The summed E-state index contributed by atoms with van der Waals surface area (Å²) in [5.74, 6) is 1.48. The molecule has 0 radical (unpaired) electrons. The number of hydrogen-bond acceptors (Lipinski definition) is 4. The quantitative estimate of drug-likeness (QED) is 0.793. The van der Waals surface area contributed by atoms with Crippen LogP contribution >= 0.6 is 15.9 Å². The number of benzene rings is 1. The number of rotatable bonds is 1. The summed E-state index contributed by atoms with van der Waals surface area (Å²) < 4.78 is 12.0. The van der Waals surface area contributed by atoms with Crippen molar-refractivity contribution >= 4 is 21.8 Å². The van der Waals surface area contributed by atoms with Crippen molar-refractivity contribution < 1.29 is 19.4 Å². The zero-order chi connectivity index (χ0) is 16.7. The molecule has 2 fully saturated rings. The van der Waals surface area contributed by atoms with Crippen LogP contribution < -0.4 is 9.47 Å². The number of carbonyl (C=O) groups excluding carboxylic acids is 1. The molecule has 1 aromatic carbocycles. The van der Waals surface area contributed by atoms with Gasteiger partial charge in [-0.1, -0.05) is 12.8 Å². The number of piperidine rings is 1. The summed E-state index contributed by atoms with van der Waals surface area (Å²) in [7, 11) is 0. The van der Waals surface area contributed by atoms with Crippen LogP contribution in [0.1, 0.15) is 42.5 Å². The summed E-state index contributed by atoms with van der Waals surface area (Å²) >= 11 is 3.47.